The number of rotatable bonds is 6. The molecule has 3 nitrogen and oxygen atoms in total. The lowest BCUT2D eigenvalue weighted by molar-refractivity contribution is -0.119. The molecule has 0 aliphatic carbocycles. The van der Waals surface area contributed by atoms with E-state index >= 15 is 0 Å². The van der Waals surface area contributed by atoms with Crippen molar-refractivity contribution in [1.29, 1.82) is 0 Å². The Bertz CT molecular complexity index is 468. The monoisotopic (exact) mass is 324 g/mol. The lowest BCUT2D eigenvalue weighted by Crippen LogP contribution is -2.34. The fourth-order valence-electron chi connectivity index (χ4n) is 2.40. The van der Waals surface area contributed by atoms with Crippen LogP contribution in [0.4, 0.5) is 5.69 Å². The van der Waals surface area contributed by atoms with Crippen molar-refractivity contribution < 1.29 is 4.79 Å². The summed E-state index contributed by atoms with van der Waals surface area (Å²) in [5.41, 5.74) is 2.31. The largest absolute Gasteiger partial charge is 0.378 e. The molecule has 0 saturated carbocycles. The summed E-state index contributed by atoms with van der Waals surface area (Å²) >= 11 is 3.62. The zero-order chi connectivity index (χ0) is 15.3. The Morgan fingerprint density at radius 2 is 1.86 bits per heavy atom. The maximum atomic E-state index is 12.8. The first kappa shape index (κ1) is 16.7. The van der Waals surface area contributed by atoms with Crippen LogP contribution in [0.5, 0.6) is 0 Å². The summed E-state index contributed by atoms with van der Waals surface area (Å²) in [6.45, 7) is 0.748. The number of hydrogen-bond acceptors (Lipinski definition) is 5. The summed E-state index contributed by atoms with van der Waals surface area (Å²) in [6, 6.07) is 8.46. The molecule has 21 heavy (non-hydrogen) atoms. The molecule has 1 aliphatic heterocycles. The molecule has 5 heteroatoms. The van der Waals surface area contributed by atoms with E-state index in [-0.39, 0.29) is 0 Å². The Hall–Kier alpha value is -0.650. The molecule has 0 radical (unpaired) electrons. The number of benzene rings is 1. The highest BCUT2D eigenvalue weighted by atomic mass is 32.2. The van der Waals surface area contributed by atoms with E-state index in [1.165, 1.54) is 12.1 Å². The third-order valence-electron chi connectivity index (χ3n) is 3.63. The first-order valence-electron chi connectivity index (χ1n) is 7.34. The Labute approximate surface area is 136 Å². The standard InChI is InChI=1S/C16H24N2OS2/c1-17-10-9-15(19)16(20-11-4-12-21-16)13-5-7-14(8-6-13)18(2)3/h5-8,17H,4,9-12H2,1-3H3. The Morgan fingerprint density at radius 1 is 1.24 bits per heavy atom. The van der Waals surface area contributed by atoms with Gasteiger partial charge < -0.3 is 10.2 Å². The molecule has 1 fully saturated rings. The number of anilines is 1. The highest BCUT2D eigenvalue weighted by Crippen LogP contribution is 2.51. The number of carbonyl (C=O) groups excluding carboxylic acids is 1. The lowest BCUT2D eigenvalue weighted by Gasteiger charge is -2.35. The zero-order valence-corrected chi connectivity index (χ0v) is 14.6. The number of nitrogens with zero attached hydrogens (tertiary/aromatic N) is 1. The molecular weight excluding hydrogens is 300 g/mol. The third kappa shape index (κ3) is 3.76. The number of carbonyl (C=O) groups is 1. The highest BCUT2D eigenvalue weighted by molar-refractivity contribution is 8.19. The van der Waals surface area contributed by atoms with Crippen LogP contribution < -0.4 is 10.2 Å². The van der Waals surface area contributed by atoms with Gasteiger partial charge in [0.05, 0.1) is 0 Å². The summed E-state index contributed by atoms with van der Waals surface area (Å²) in [5.74, 6) is 2.46. The average molecular weight is 325 g/mol. The first-order valence-corrected chi connectivity index (χ1v) is 9.31. The molecule has 0 unspecified atom stereocenters. The maximum Gasteiger partial charge on any atom is 0.164 e. The molecule has 0 aromatic heterocycles. The van der Waals surface area contributed by atoms with Crippen LogP contribution in [-0.2, 0) is 8.87 Å². The van der Waals surface area contributed by atoms with E-state index in [1.807, 2.05) is 44.7 Å². The Balaban J connectivity index is 2.28. The van der Waals surface area contributed by atoms with Gasteiger partial charge in [-0.15, -0.1) is 23.5 Å². The molecule has 0 spiro atoms. The van der Waals surface area contributed by atoms with E-state index in [4.69, 9.17) is 0 Å². The minimum absolute atomic E-state index is 0.337. The van der Waals surface area contributed by atoms with Gasteiger partial charge in [-0.05, 0) is 42.7 Å². The average Bonchev–Trinajstić information content (AvgIpc) is 2.53. The number of thioether (sulfide) groups is 2. The molecule has 1 aromatic rings. The van der Waals surface area contributed by atoms with Crippen LogP contribution in [0.1, 0.15) is 18.4 Å². The normalized spacial score (nSPS) is 17.5. The fraction of sp³-hybridized carbons (Fsp3) is 0.562. The minimum atomic E-state index is -0.403. The Morgan fingerprint density at radius 3 is 2.38 bits per heavy atom. The second-order valence-electron chi connectivity index (χ2n) is 5.39. The van der Waals surface area contributed by atoms with E-state index in [0.29, 0.717) is 12.2 Å². The molecule has 1 saturated heterocycles. The predicted molar refractivity (Wildman–Crippen MR) is 95.5 cm³/mol. The summed E-state index contributed by atoms with van der Waals surface area (Å²) in [5, 5.41) is 3.08. The third-order valence-corrected chi connectivity index (χ3v) is 7.06. The molecule has 0 amide bonds. The van der Waals surface area contributed by atoms with Crippen LogP contribution in [0.25, 0.3) is 0 Å². The molecule has 1 N–H and O–H groups in total. The number of hydrogen-bond donors (Lipinski definition) is 1. The van der Waals surface area contributed by atoms with Gasteiger partial charge in [-0.25, -0.2) is 0 Å². The maximum absolute atomic E-state index is 12.8. The topological polar surface area (TPSA) is 32.3 Å². The fourth-order valence-corrected chi connectivity index (χ4v) is 5.70. The number of nitrogens with one attached hydrogen (secondary N) is 1. The SMILES string of the molecule is CNCCC(=O)C1(c2ccc(N(C)C)cc2)SCCCS1. The molecule has 1 aromatic carbocycles. The summed E-state index contributed by atoms with van der Waals surface area (Å²) in [7, 11) is 5.97. The van der Waals surface area contributed by atoms with Gasteiger partial charge in [-0.1, -0.05) is 12.1 Å². The van der Waals surface area contributed by atoms with Crippen LogP contribution in [0.2, 0.25) is 0 Å². The molecule has 1 heterocycles. The predicted octanol–water partition coefficient (Wildman–Crippen LogP) is 2.95. The first-order chi connectivity index (χ1) is 10.1. The van der Waals surface area contributed by atoms with Crippen molar-refractivity contribution in [3.8, 4) is 0 Å². The van der Waals surface area contributed by atoms with E-state index in [0.717, 1.165) is 23.6 Å². The molecule has 1 aliphatic rings. The highest BCUT2D eigenvalue weighted by Gasteiger charge is 2.42. The van der Waals surface area contributed by atoms with Gasteiger partial charge in [0.15, 0.2) is 5.78 Å². The van der Waals surface area contributed by atoms with Gasteiger partial charge >= 0.3 is 0 Å². The second kappa shape index (κ2) is 7.56. The van der Waals surface area contributed by atoms with Crippen LogP contribution in [0.3, 0.4) is 0 Å². The molecule has 0 atom stereocenters. The van der Waals surface area contributed by atoms with Gasteiger partial charge in [0.25, 0.3) is 0 Å². The molecule has 2 rings (SSSR count). The summed E-state index contributed by atoms with van der Waals surface area (Å²) in [4.78, 5) is 14.9. The van der Waals surface area contributed by atoms with Crippen molar-refractivity contribution in [1.82, 2.24) is 5.32 Å². The van der Waals surface area contributed by atoms with Crippen molar-refractivity contribution in [3.63, 3.8) is 0 Å². The summed E-state index contributed by atoms with van der Waals surface area (Å²) < 4.78 is -0.403. The van der Waals surface area contributed by atoms with E-state index in [2.05, 4.69) is 34.5 Å². The second-order valence-corrected chi connectivity index (χ2v) is 8.26. The molecular formula is C16H24N2OS2. The molecule has 116 valence electrons. The van der Waals surface area contributed by atoms with E-state index in [1.54, 1.807) is 0 Å². The van der Waals surface area contributed by atoms with Crippen molar-refractivity contribution >= 4 is 35.0 Å². The zero-order valence-electron chi connectivity index (χ0n) is 13.0. The van der Waals surface area contributed by atoms with Gasteiger partial charge in [0.1, 0.15) is 4.08 Å². The number of ketones is 1. The van der Waals surface area contributed by atoms with Gasteiger partial charge in [0, 0.05) is 32.7 Å². The summed E-state index contributed by atoms with van der Waals surface area (Å²) in [6.07, 6.45) is 1.78. The number of Topliss-reactive ketones (excluding diaryl/α,β-unsaturated/α-hetero) is 1. The molecule has 0 bridgehead atoms. The van der Waals surface area contributed by atoms with Gasteiger partial charge in [-0.3, -0.25) is 4.79 Å². The Kier molecular flexibility index (Phi) is 6.02. The van der Waals surface area contributed by atoms with Gasteiger partial charge in [-0.2, -0.15) is 0 Å². The van der Waals surface area contributed by atoms with Crippen molar-refractivity contribution in [2.75, 3.05) is 44.1 Å². The lowest BCUT2D eigenvalue weighted by atomic mass is 10.0. The van der Waals surface area contributed by atoms with E-state index < -0.39 is 4.08 Å². The van der Waals surface area contributed by atoms with Crippen molar-refractivity contribution in [2.24, 2.45) is 0 Å². The van der Waals surface area contributed by atoms with Gasteiger partial charge in [0.2, 0.25) is 0 Å². The van der Waals surface area contributed by atoms with Crippen molar-refractivity contribution in [2.45, 2.75) is 16.9 Å². The smallest absolute Gasteiger partial charge is 0.164 e. The quantitative estimate of drug-likeness (QED) is 0.870. The van der Waals surface area contributed by atoms with Crippen LogP contribution >= 0.6 is 23.5 Å². The van der Waals surface area contributed by atoms with Crippen molar-refractivity contribution in [3.05, 3.63) is 29.8 Å². The van der Waals surface area contributed by atoms with E-state index in [9.17, 15) is 4.79 Å². The van der Waals surface area contributed by atoms with Crippen LogP contribution in [0, 0.1) is 0 Å². The van der Waals surface area contributed by atoms with Crippen LogP contribution in [0.15, 0.2) is 24.3 Å². The van der Waals surface area contributed by atoms with Crippen LogP contribution in [-0.4, -0.2) is 45.0 Å². The minimum Gasteiger partial charge on any atom is -0.378 e.